The number of ether oxygens (including phenoxy) is 1. The van der Waals surface area contributed by atoms with E-state index < -0.39 is 0 Å². The van der Waals surface area contributed by atoms with Crippen molar-refractivity contribution in [2.24, 2.45) is 5.92 Å². The number of nitrogens with zero attached hydrogens (tertiary/aromatic N) is 2. The van der Waals surface area contributed by atoms with Crippen molar-refractivity contribution in [1.82, 2.24) is 9.97 Å². The fraction of sp³-hybridized carbons (Fsp3) is 0.333. The Morgan fingerprint density at radius 2 is 1.80 bits per heavy atom. The fourth-order valence-corrected chi connectivity index (χ4v) is 2.07. The molecule has 4 nitrogen and oxygen atoms in total. The Balaban J connectivity index is 1.96. The molecule has 0 atom stereocenters. The van der Waals surface area contributed by atoms with Crippen LogP contribution in [-0.4, -0.2) is 9.97 Å². The molecular formula is C15H18ClN3O. The summed E-state index contributed by atoms with van der Waals surface area (Å²) in [4.78, 5) is 7.75. The number of nitrogen functional groups attached to an aromatic ring is 1. The average Bonchev–Trinajstić information content (AvgIpc) is 2.36. The van der Waals surface area contributed by atoms with Crippen LogP contribution in [0.2, 0.25) is 5.15 Å². The third-order valence-electron chi connectivity index (χ3n) is 2.74. The Hall–Kier alpha value is -1.81. The molecule has 0 saturated heterocycles. The van der Waals surface area contributed by atoms with E-state index in [0.29, 0.717) is 18.4 Å². The maximum Gasteiger partial charge on any atom is 0.224 e. The van der Waals surface area contributed by atoms with Crippen LogP contribution in [0.1, 0.15) is 25.0 Å². The predicted molar refractivity (Wildman–Crippen MR) is 80.8 cm³/mol. The van der Waals surface area contributed by atoms with Gasteiger partial charge in [0.05, 0.1) is 0 Å². The molecule has 2 rings (SSSR count). The highest BCUT2D eigenvalue weighted by molar-refractivity contribution is 6.29. The quantitative estimate of drug-likeness (QED) is 0.857. The lowest BCUT2D eigenvalue weighted by Gasteiger charge is -2.08. The lowest BCUT2D eigenvalue weighted by atomic mass is 10.0. The third-order valence-corrected chi connectivity index (χ3v) is 2.94. The Bertz CT molecular complexity index is 550. The largest absolute Gasteiger partial charge is 0.473 e. The minimum Gasteiger partial charge on any atom is -0.473 e. The molecule has 0 radical (unpaired) electrons. The van der Waals surface area contributed by atoms with E-state index in [4.69, 9.17) is 22.1 Å². The van der Waals surface area contributed by atoms with Crippen molar-refractivity contribution in [3.8, 4) is 5.88 Å². The van der Waals surface area contributed by atoms with Gasteiger partial charge in [-0.15, -0.1) is 0 Å². The first kappa shape index (κ1) is 14.6. The van der Waals surface area contributed by atoms with Crippen LogP contribution < -0.4 is 10.5 Å². The zero-order valence-corrected chi connectivity index (χ0v) is 12.4. The number of anilines is 1. The van der Waals surface area contributed by atoms with Crippen molar-refractivity contribution in [1.29, 1.82) is 0 Å². The summed E-state index contributed by atoms with van der Waals surface area (Å²) in [5.74, 6) is 1.15. The molecule has 5 heteroatoms. The maximum atomic E-state index is 5.79. The van der Waals surface area contributed by atoms with Crippen LogP contribution >= 0.6 is 11.6 Å². The van der Waals surface area contributed by atoms with Crippen LogP contribution in [0.25, 0.3) is 0 Å². The number of benzene rings is 1. The fourth-order valence-electron chi connectivity index (χ4n) is 1.89. The molecule has 2 N–H and O–H groups in total. The van der Waals surface area contributed by atoms with E-state index in [2.05, 4.69) is 48.1 Å². The molecule has 0 saturated carbocycles. The van der Waals surface area contributed by atoms with Gasteiger partial charge >= 0.3 is 0 Å². The molecular weight excluding hydrogens is 274 g/mol. The molecule has 1 aromatic heterocycles. The lowest BCUT2D eigenvalue weighted by molar-refractivity contribution is 0.294. The molecule has 0 aliphatic heterocycles. The summed E-state index contributed by atoms with van der Waals surface area (Å²) in [6.07, 6.45) is 1.08. The van der Waals surface area contributed by atoms with Gasteiger partial charge < -0.3 is 10.5 Å². The number of halogens is 1. The molecule has 0 spiro atoms. The van der Waals surface area contributed by atoms with Crippen LogP contribution in [0.5, 0.6) is 5.88 Å². The van der Waals surface area contributed by atoms with E-state index in [9.17, 15) is 0 Å². The average molecular weight is 292 g/mol. The first-order valence-electron chi connectivity index (χ1n) is 6.53. The zero-order chi connectivity index (χ0) is 14.5. The lowest BCUT2D eigenvalue weighted by Crippen LogP contribution is -2.01. The van der Waals surface area contributed by atoms with E-state index in [1.807, 2.05) is 0 Å². The molecule has 0 amide bonds. The standard InChI is InChI=1S/C15H18ClN3O/c1-10(2)7-11-3-5-12(6-4-11)9-20-14-8-13(16)18-15(17)19-14/h3-6,8,10H,7,9H2,1-2H3,(H2,17,18,19). The number of rotatable bonds is 5. The molecule has 0 aliphatic carbocycles. The molecule has 0 unspecified atom stereocenters. The van der Waals surface area contributed by atoms with Gasteiger partial charge in [-0.2, -0.15) is 4.98 Å². The van der Waals surface area contributed by atoms with Crippen molar-refractivity contribution >= 4 is 17.5 Å². The number of hydrogen-bond acceptors (Lipinski definition) is 4. The van der Waals surface area contributed by atoms with Gasteiger partial charge in [-0.1, -0.05) is 49.7 Å². The maximum absolute atomic E-state index is 5.79. The van der Waals surface area contributed by atoms with Gasteiger partial charge in [0.1, 0.15) is 11.8 Å². The van der Waals surface area contributed by atoms with E-state index in [1.165, 1.54) is 5.56 Å². The van der Waals surface area contributed by atoms with E-state index in [0.717, 1.165) is 12.0 Å². The molecule has 1 heterocycles. The molecule has 1 aromatic carbocycles. The highest BCUT2D eigenvalue weighted by Crippen LogP contribution is 2.16. The Morgan fingerprint density at radius 3 is 2.40 bits per heavy atom. The summed E-state index contributed by atoms with van der Waals surface area (Å²) in [6.45, 7) is 4.84. The number of nitrogens with two attached hydrogens (primary N) is 1. The van der Waals surface area contributed by atoms with Crippen LogP contribution in [0, 0.1) is 5.92 Å². The van der Waals surface area contributed by atoms with E-state index in [1.54, 1.807) is 6.07 Å². The second kappa shape index (κ2) is 6.57. The minimum atomic E-state index is 0.111. The summed E-state index contributed by atoms with van der Waals surface area (Å²) < 4.78 is 5.56. The van der Waals surface area contributed by atoms with Gasteiger partial charge in [0.25, 0.3) is 0 Å². The topological polar surface area (TPSA) is 61.0 Å². The highest BCUT2D eigenvalue weighted by Gasteiger charge is 2.03. The van der Waals surface area contributed by atoms with E-state index >= 15 is 0 Å². The van der Waals surface area contributed by atoms with Gasteiger partial charge in [0, 0.05) is 6.07 Å². The van der Waals surface area contributed by atoms with Crippen molar-refractivity contribution in [2.75, 3.05) is 5.73 Å². The molecule has 20 heavy (non-hydrogen) atoms. The summed E-state index contributed by atoms with van der Waals surface area (Å²) in [7, 11) is 0. The van der Waals surface area contributed by atoms with Gasteiger partial charge in [-0.3, -0.25) is 0 Å². The normalized spacial score (nSPS) is 10.8. The highest BCUT2D eigenvalue weighted by atomic mass is 35.5. The first-order chi connectivity index (χ1) is 9.52. The molecule has 0 aliphatic rings. The smallest absolute Gasteiger partial charge is 0.224 e. The van der Waals surface area contributed by atoms with Gasteiger partial charge in [0.15, 0.2) is 0 Å². The Labute approximate surface area is 124 Å². The van der Waals surface area contributed by atoms with E-state index in [-0.39, 0.29) is 11.1 Å². The third kappa shape index (κ3) is 4.38. The minimum absolute atomic E-state index is 0.111. The van der Waals surface area contributed by atoms with Crippen molar-refractivity contribution < 1.29 is 4.74 Å². The number of aromatic nitrogens is 2. The van der Waals surface area contributed by atoms with Crippen LogP contribution in [-0.2, 0) is 13.0 Å². The molecule has 0 fully saturated rings. The first-order valence-corrected chi connectivity index (χ1v) is 6.91. The van der Waals surface area contributed by atoms with Gasteiger partial charge in [-0.25, -0.2) is 4.98 Å². The van der Waals surface area contributed by atoms with Crippen LogP contribution in [0.4, 0.5) is 5.95 Å². The SMILES string of the molecule is CC(C)Cc1ccc(COc2cc(Cl)nc(N)n2)cc1. The zero-order valence-electron chi connectivity index (χ0n) is 11.6. The summed E-state index contributed by atoms with van der Waals surface area (Å²) in [6, 6.07) is 9.92. The Morgan fingerprint density at radius 1 is 1.15 bits per heavy atom. The van der Waals surface area contributed by atoms with Crippen molar-refractivity contribution in [3.63, 3.8) is 0 Å². The summed E-state index contributed by atoms with van der Waals surface area (Å²) in [5.41, 5.74) is 7.91. The molecule has 2 aromatic rings. The summed E-state index contributed by atoms with van der Waals surface area (Å²) >= 11 is 5.79. The second-order valence-electron chi connectivity index (χ2n) is 5.09. The van der Waals surface area contributed by atoms with Crippen molar-refractivity contribution in [2.45, 2.75) is 26.9 Å². The predicted octanol–water partition coefficient (Wildman–Crippen LogP) is 3.49. The van der Waals surface area contributed by atoms with Gasteiger partial charge in [0.2, 0.25) is 11.8 Å². The van der Waals surface area contributed by atoms with Gasteiger partial charge in [-0.05, 0) is 23.5 Å². The monoisotopic (exact) mass is 291 g/mol. The molecule has 106 valence electrons. The second-order valence-corrected chi connectivity index (χ2v) is 5.48. The van der Waals surface area contributed by atoms with Crippen LogP contribution in [0.15, 0.2) is 30.3 Å². The van der Waals surface area contributed by atoms with Crippen LogP contribution in [0.3, 0.4) is 0 Å². The molecule has 0 bridgehead atoms. The Kier molecular flexibility index (Phi) is 4.79. The number of hydrogen-bond donors (Lipinski definition) is 1. The van der Waals surface area contributed by atoms with Crippen molar-refractivity contribution in [3.05, 3.63) is 46.6 Å². The summed E-state index contributed by atoms with van der Waals surface area (Å²) in [5, 5.41) is 0.278.